The van der Waals surface area contributed by atoms with Gasteiger partial charge in [0.2, 0.25) is 0 Å². The summed E-state index contributed by atoms with van der Waals surface area (Å²) in [7, 11) is 0. The third kappa shape index (κ3) is 2.82. The Morgan fingerprint density at radius 1 is 1.41 bits per heavy atom. The van der Waals surface area contributed by atoms with Crippen molar-refractivity contribution in [2.45, 2.75) is 20.3 Å². The van der Waals surface area contributed by atoms with Crippen LogP contribution in [0.1, 0.15) is 18.9 Å². The first kappa shape index (κ1) is 12.0. The van der Waals surface area contributed by atoms with Gasteiger partial charge in [-0.1, -0.05) is 30.4 Å². The highest BCUT2D eigenvalue weighted by Crippen LogP contribution is 2.29. The Kier molecular flexibility index (Phi) is 3.74. The topological polar surface area (TPSA) is 24.9 Å². The molecule has 0 saturated heterocycles. The van der Waals surface area contributed by atoms with Gasteiger partial charge in [0, 0.05) is 12.7 Å². The van der Waals surface area contributed by atoms with E-state index in [1.165, 1.54) is 0 Å². The average molecular weight is 250 g/mol. The normalized spacial score (nSPS) is 10.5. The van der Waals surface area contributed by atoms with Crippen molar-refractivity contribution < 1.29 is 4.39 Å². The van der Waals surface area contributed by atoms with Crippen LogP contribution in [0.15, 0.2) is 24.4 Å². The number of hydrogen-bond acceptors (Lipinski definition) is 3. The highest BCUT2D eigenvalue weighted by molar-refractivity contribution is 7.18. The van der Waals surface area contributed by atoms with E-state index in [1.807, 2.05) is 6.07 Å². The van der Waals surface area contributed by atoms with E-state index in [4.69, 9.17) is 0 Å². The summed E-state index contributed by atoms with van der Waals surface area (Å²) in [6.45, 7) is 4.78. The number of benzene rings is 1. The summed E-state index contributed by atoms with van der Waals surface area (Å²) < 4.78 is 13.4. The summed E-state index contributed by atoms with van der Waals surface area (Å²) in [5, 5.41) is 4.12. The largest absolute Gasteiger partial charge is 0.362 e. The quantitative estimate of drug-likeness (QED) is 0.884. The molecule has 0 aliphatic heterocycles. The van der Waals surface area contributed by atoms with E-state index in [0.29, 0.717) is 5.56 Å². The monoisotopic (exact) mass is 250 g/mol. The lowest BCUT2D eigenvalue weighted by Crippen LogP contribution is -1.97. The molecule has 0 aliphatic rings. The van der Waals surface area contributed by atoms with Crippen LogP contribution in [-0.2, 0) is 0 Å². The molecular formula is C13H15FN2S. The predicted molar refractivity (Wildman–Crippen MR) is 71.0 cm³/mol. The van der Waals surface area contributed by atoms with Gasteiger partial charge in [-0.2, -0.15) is 0 Å². The van der Waals surface area contributed by atoms with Crippen molar-refractivity contribution in [1.29, 1.82) is 0 Å². The van der Waals surface area contributed by atoms with Gasteiger partial charge in [-0.3, -0.25) is 0 Å². The third-order valence-corrected chi connectivity index (χ3v) is 3.49. The molecule has 0 amide bonds. The van der Waals surface area contributed by atoms with Crippen LogP contribution >= 0.6 is 11.3 Å². The second kappa shape index (κ2) is 5.27. The Morgan fingerprint density at radius 2 is 2.24 bits per heavy atom. The first-order valence-corrected chi connectivity index (χ1v) is 6.48. The lowest BCUT2D eigenvalue weighted by atomic mass is 10.1. The number of hydrogen-bond donors (Lipinski definition) is 1. The van der Waals surface area contributed by atoms with Crippen LogP contribution in [0.25, 0.3) is 10.4 Å². The highest BCUT2D eigenvalue weighted by atomic mass is 32.1. The fourth-order valence-electron chi connectivity index (χ4n) is 1.47. The number of aryl methyl sites for hydroxylation is 1. The Morgan fingerprint density at radius 3 is 2.94 bits per heavy atom. The van der Waals surface area contributed by atoms with Crippen molar-refractivity contribution in [3.05, 3.63) is 35.8 Å². The third-order valence-electron chi connectivity index (χ3n) is 2.49. The van der Waals surface area contributed by atoms with E-state index in [-0.39, 0.29) is 5.82 Å². The molecule has 0 saturated carbocycles. The van der Waals surface area contributed by atoms with E-state index in [1.54, 1.807) is 36.6 Å². The Labute approximate surface area is 105 Å². The summed E-state index contributed by atoms with van der Waals surface area (Å²) in [6.07, 6.45) is 2.85. The number of rotatable bonds is 4. The van der Waals surface area contributed by atoms with Crippen molar-refractivity contribution >= 4 is 16.5 Å². The standard InChI is InChI=1S/C13H15FN2S/c1-3-6-15-13-16-8-12(17-13)10-5-4-9(2)11(14)7-10/h4-5,7-8H,3,6H2,1-2H3,(H,15,16). The zero-order chi connectivity index (χ0) is 12.3. The van der Waals surface area contributed by atoms with Gasteiger partial charge >= 0.3 is 0 Å². The number of halogens is 1. The van der Waals surface area contributed by atoms with Gasteiger partial charge in [-0.05, 0) is 30.5 Å². The van der Waals surface area contributed by atoms with Gasteiger partial charge < -0.3 is 5.32 Å². The Balaban J connectivity index is 2.21. The van der Waals surface area contributed by atoms with Crippen LogP contribution in [0.4, 0.5) is 9.52 Å². The minimum atomic E-state index is -0.168. The summed E-state index contributed by atoms with van der Waals surface area (Å²) in [5.74, 6) is -0.168. The molecule has 1 heterocycles. The van der Waals surface area contributed by atoms with Gasteiger partial charge in [0.05, 0.1) is 4.88 Å². The summed E-state index contributed by atoms with van der Waals surface area (Å²) in [4.78, 5) is 5.26. The minimum Gasteiger partial charge on any atom is -0.362 e. The molecule has 0 spiro atoms. The molecule has 17 heavy (non-hydrogen) atoms. The van der Waals surface area contributed by atoms with Crippen molar-refractivity contribution in [3.63, 3.8) is 0 Å². The zero-order valence-electron chi connectivity index (χ0n) is 9.96. The van der Waals surface area contributed by atoms with E-state index in [9.17, 15) is 4.39 Å². The molecule has 0 bridgehead atoms. The number of aromatic nitrogens is 1. The maximum Gasteiger partial charge on any atom is 0.183 e. The lowest BCUT2D eigenvalue weighted by Gasteiger charge is -2.00. The van der Waals surface area contributed by atoms with Crippen LogP contribution in [0, 0.1) is 12.7 Å². The number of thiazole rings is 1. The second-order valence-corrected chi connectivity index (χ2v) is 4.95. The SMILES string of the molecule is CCCNc1ncc(-c2ccc(C)c(F)c2)s1. The van der Waals surface area contributed by atoms with Crippen molar-refractivity contribution in [3.8, 4) is 10.4 Å². The molecule has 1 aromatic heterocycles. The molecular weight excluding hydrogens is 235 g/mol. The lowest BCUT2D eigenvalue weighted by molar-refractivity contribution is 0.619. The predicted octanol–water partition coefficient (Wildman–Crippen LogP) is 4.08. The van der Waals surface area contributed by atoms with Gasteiger partial charge in [0.1, 0.15) is 5.82 Å². The van der Waals surface area contributed by atoms with Gasteiger partial charge in [0.15, 0.2) is 5.13 Å². The molecule has 2 rings (SSSR count). The summed E-state index contributed by atoms with van der Waals surface area (Å²) in [6, 6.07) is 5.28. The number of nitrogens with zero attached hydrogens (tertiary/aromatic N) is 1. The van der Waals surface area contributed by atoms with Crippen LogP contribution in [0.2, 0.25) is 0 Å². The van der Waals surface area contributed by atoms with Crippen LogP contribution in [0.3, 0.4) is 0 Å². The average Bonchev–Trinajstić information content (AvgIpc) is 2.79. The first-order chi connectivity index (χ1) is 8.20. The molecule has 0 aliphatic carbocycles. The molecule has 1 N–H and O–H groups in total. The first-order valence-electron chi connectivity index (χ1n) is 5.67. The van der Waals surface area contributed by atoms with E-state index in [0.717, 1.165) is 28.5 Å². The smallest absolute Gasteiger partial charge is 0.183 e. The Bertz CT molecular complexity index is 508. The van der Waals surface area contributed by atoms with Crippen LogP contribution in [-0.4, -0.2) is 11.5 Å². The molecule has 1 aromatic carbocycles. The van der Waals surface area contributed by atoms with E-state index in [2.05, 4.69) is 17.2 Å². The Hall–Kier alpha value is -1.42. The number of anilines is 1. The number of nitrogens with one attached hydrogen (secondary N) is 1. The fourth-order valence-corrected chi connectivity index (χ4v) is 2.31. The molecule has 0 radical (unpaired) electrons. The van der Waals surface area contributed by atoms with E-state index < -0.39 is 0 Å². The van der Waals surface area contributed by atoms with Crippen molar-refractivity contribution in [2.75, 3.05) is 11.9 Å². The molecule has 0 fully saturated rings. The molecule has 2 nitrogen and oxygen atoms in total. The molecule has 0 unspecified atom stereocenters. The van der Waals surface area contributed by atoms with Gasteiger partial charge in [0.25, 0.3) is 0 Å². The minimum absolute atomic E-state index is 0.168. The maximum atomic E-state index is 13.4. The van der Waals surface area contributed by atoms with Gasteiger partial charge in [-0.25, -0.2) is 9.37 Å². The second-order valence-electron chi connectivity index (χ2n) is 3.92. The fraction of sp³-hybridized carbons (Fsp3) is 0.308. The molecule has 90 valence electrons. The summed E-state index contributed by atoms with van der Waals surface area (Å²) in [5.41, 5.74) is 1.55. The van der Waals surface area contributed by atoms with Gasteiger partial charge in [-0.15, -0.1) is 0 Å². The van der Waals surface area contributed by atoms with E-state index >= 15 is 0 Å². The molecule has 2 aromatic rings. The maximum absolute atomic E-state index is 13.4. The van der Waals surface area contributed by atoms with Crippen LogP contribution < -0.4 is 5.32 Å². The highest BCUT2D eigenvalue weighted by Gasteiger charge is 2.06. The van der Waals surface area contributed by atoms with Crippen LogP contribution in [0.5, 0.6) is 0 Å². The van der Waals surface area contributed by atoms with Crippen molar-refractivity contribution in [1.82, 2.24) is 4.98 Å². The molecule has 0 atom stereocenters. The van der Waals surface area contributed by atoms with Crippen molar-refractivity contribution in [2.24, 2.45) is 0 Å². The molecule has 4 heteroatoms. The zero-order valence-corrected chi connectivity index (χ0v) is 10.8. The summed E-state index contributed by atoms with van der Waals surface area (Å²) >= 11 is 1.55.